The summed E-state index contributed by atoms with van der Waals surface area (Å²) in [6.07, 6.45) is 2.48. The Bertz CT molecular complexity index is 444. The molecular formula is C16H25N3O. The second-order valence-corrected chi connectivity index (χ2v) is 5.94. The second-order valence-electron chi connectivity index (χ2n) is 5.94. The number of rotatable bonds is 5. The van der Waals surface area contributed by atoms with E-state index in [4.69, 9.17) is 10.9 Å². The zero-order valence-electron chi connectivity index (χ0n) is 12.4. The maximum Gasteiger partial charge on any atom is 0.147 e. The van der Waals surface area contributed by atoms with Crippen LogP contribution in [-0.4, -0.2) is 35.1 Å². The van der Waals surface area contributed by atoms with E-state index in [1.54, 1.807) is 0 Å². The summed E-state index contributed by atoms with van der Waals surface area (Å²) in [6.45, 7) is 6.46. The van der Waals surface area contributed by atoms with Gasteiger partial charge in [0.15, 0.2) is 0 Å². The minimum Gasteiger partial charge on any atom is -0.409 e. The molecule has 1 heterocycles. The van der Waals surface area contributed by atoms with Crippen LogP contribution in [0, 0.1) is 5.92 Å². The molecule has 3 N–H and O–H groups in total. The van der Waals surface area contributed by atoms with E-state index < -0.39 is 0 Å². The van der Waals surface area contributed by atoms with Crippen molar-refractivity contribution in [2.24, 2.45) is 16.8 Å². The Balaban J connectivity index is 2.17. The molecule has 0 saturated carbocycles. The largest absolute Gasteiger partial charge is 0.409 e. The van der Waals surface area contributed by atoms with Crippen LogP contribution in [0.2, 0.25) is 0 Å². The number of likely N-dealkylation sites (tertiary alicyclic amines) is 1. The Hall–Kier alpha value is -1.55. The quantitative estimate of drug-likeness (QED) is 0.376. The lowest BCUT2D eigenvalue weighted by Crippen LogP contribution is -2.40. The minimum atomic E-state index is -0.0412. The molecule has 0 spiro atoms. The molecular weight excluding hydrogens is 250 g/mol. The first kappa shape index (κ1) is 14.9. The third kappa shape index (κ3) is 3.31. The highest BCUT2D eigenvalue weighted by Gasteiger charge is 2.30. The van der Waals surface area contributed by atoms with E-state index in [-0.39, 0.29) is 5.92 Å². The van der Waals surface area contributed by atoms with E-state index in [0.717, 1.165) is 18.7 Å². The molecule has 110 valence electrons. The standard InChI is InChI=1S/C16H25N3O/c1-12(2)15-9-6-10-19(15)11-14(16(17)18-20)13-7-4-3-5-8-13/h3-5,7-8,12,14-15,20H,6,9-11H2,1-2H3,(H2,17,18). The van der Waals surface area contributed by atoms with Gasteiger partial charge in [0.1, 0.15) is 5.84 Å². The van der Waals surface area contributed by atoms with Gasteiger partial charge in [0, 0.05) is 12.6 Å². The summed E-state index contributed by atoms with van der Waals surface area (Å²) in [7, 11) is 0. The molecule has 4 heteroatoms. The summed E-state index contributed by atoms with van der Waals surface area (Å²) < 4.78 is 0. The van der Waals surface area contributed by atoms with Crippen molar-refractivity contribution in [3.05, 3.63) is 35.9 Å². The third-order valence-corrected chi connectivity index (χ3v) is 4.28. The number of hydrogen-bond donors (Lipinski definition) is 2. The summed E-state index contributed by atoms with van der Waals surface area (Å²) in [5.41, 5.74) is 7.03. The van der Waals surface area contributed by atoms with Crippen molar-refractivity contribution in [2.45, 2.75) is 38.6 Å². The van der Waals surface area contributed by atoms with Crippen LogP contribution in [0.4, 0.5) is 0 Å². The molecule has 20 heavy (non-hydrogen) atoms. The molecule has 1 aliphatic heterocycles. The van der Waals surface area contributed by atoms with Gasteiger partial charge in [0.05, 0.1) is 5.92 Å². The molecule has 2 unspecified atom stereocenters. The van der Waals surface area contributed by atoms with Crippen molar-refractivity contribution in [2.75, 3.05) is 13.1 Å². The average Bonchev–Trinajstić information content (AvgIpc) is 2.93. The van der Waals surface area contributed by atoms with Crippen LogP contribution in [0.1, 0.15) is 38.2 Å². The molecule has 1 saturated heterocycles. The van der Waals surface area contributed by atoms with Gasteiger partial charge in [-0.3, -0.25) is 4.90 Å². The molecule has 0 amide bonds. The molecule has 0 bridgehead atoms. The van der Waals surface area contributed by atoms with Gasteiger partial charge in [-0.25, -0.2) is 0 Å². The maximum atomic E-state index is 9.06. The predicted octanol–water partition coefficient (Wildman–Crippen LogP) is 2.64. The number of nitrogens with two attached hydrogens (primary N) is 1. The smallest absolute Gasteiger partial charge is 0.147 e. The first-order valence-corrected chi connectivity index (χ1v) is 7.40. The number of amidine groups is 1. The Morgan fingerprint density at radius 1 is 1.40 bits per heavy atom. The Kier molecular flexibility index (Phi) is 5.01. The van der Waals surface area contributed by atoms with Gasteiger partial charge in [0.25, 0.3) is 0 Å². The number of oxime groups is 1. The maximum absolute atomic E-state index is 9.06. The monoisotopic (exact) mass is 275 g/mol. The SMILES string of the molecule is CC(C)C1CCCN1CC(C(N)=NO)c1ccccc1. The molecule has 4 nitrogen and oxygen atoms in total. The lowest BCUT2D eigenvalue weighted by atomic mass is 9.95. The van der Waals surface area contributed by atoms with Crippen molar-refractivity contribution in [1.82, 2.24) is 4.90 Å². The van der Waals surface area contributed by atoms with Crippen molar-refractivity contribution in [3.8, 4) is 0 Å². The highest BCUT2D eigenvalue weighted by molar-refractivity contribution is 5.87. The summed E-state index contributed by atoms with van der Waals surface area (Å²) in [5.74, 6) is 0.896. The van der Waals surface area contributed by atoms with Crippen LogP contribution < -0.4 is 5.73 Å². The lowest BCUT2D eigenvalue weighted by Gasteiger charge is -2.31. The van der Waals surface area contributed by atoms with Crippen LogP contribution in [0.15, 0.2) is 35.5 Å². The first-order chi connectivity index (χ1) is 9.63. The number of hydrogen-bond acceptors (Lipinski definition) is 3. The van der Waals surface area contributed by atoms with Gasteiger partial charge in [-0.1, -0.05) is 49.3 Å². The minimum absolute atomic E-state index is 0.0412. The topological polar surface area (TPSA) is 61.8 Å². The van der Waals surface area contributed by atoms with Crippen LogP contribution in [0.5, 0.6) is 0 Å². The fourth-order valence-corrected chi connectivity index (χ4v) is 3.19. The third-order valence-electron chi connectivity index (χ3n) is 4.28. The molecule has 0 aliphatic carbocycles. The molecule has 2 rings (SSSR count). The average molecular weight is 275 g/mol. The molecule has 1 fully saturated rings. The zero-order valence-corrected chi connectivity index (χ0v) is 12.4. The normalized spacial score (nSPS) is 22.4. The summed E-state index contributed by atoms with van der Waals surface area (Å²) in [6, 6.07) is 10.7. The van der Waals surface area contributed by atoms with Gasteiger partial charge in [-0.15, -0.1) is 0 Å². The van der Waals surface area contributed by atoms with Gasteiger partial charge >= 0.3 is 0 Å². The van der Waals surface area contributed by atoms with Crippen LogP contribution in [0.3, 0.4) is 0 Å². The molecule has 1 aromatic rings. The number of nitrogens with zero attached hydrogens (tertiary/aromatic N) is 2. The van der Waals surface area contributed by atoms with Crippen LogP contribution >= 0.6 is 0 Å². The van der Waals surface area contributed by atoms with Crippen LogP contribution in [-0.2, 0) is 0 Å². The Morgan fingerprint density at radius 2 is 2.10 bits per heavy atom. The van der Waals surface area contributed by atoms with Crippen LogP contribution in [0.25, 0.3) is 0 Å². The number of benzene rings is 1. The molecule has 1 aromatic carbocycles. The summed E-state index contributed by atoms with van der Waals surface area (Å²) in [4.78, 5) is 2.49. The van der Waals surface area contributed by atoms with Crippen molar-refractivity contribution in [3.63, 3.8) is 0 Å². The highest BCUT2D eigenvalue weighted by Crippen LogP contribution is 2.27. The zero-order chi connectivity index (χ0) is 14.5. The second kappa shape index (κ2) is 6.75. The summed E-state index contributed by atoms with van der Waals surface area (Å²) in [5, 5.41) is 12.3. The van der Waals surface area contributed by atoms with Gasteiger partial charge < -0.3 is 10.9 Å². The molecule has 0 radical (unpaired) electrons. The fourth-order valence-electron chi connectivity index (χ4n) is 3.19. The molecule has 1 aliphatic rings. The molecule has 2 atom stereocenters. The molecule has 0 aromatic heterocycles. The van der Waals surface area contributed by atoms with E-state index in [9.17, 15) is 0 Å². The van der Waals surface area contributed by atoms with E-state index >= 15 is 0 Å². The van der Waals surface area contributed by atoms with Crippen molar-refractivity contribution < 1.29 is 5.21 Å². The summed E-state index contributed by atoms with van der Waals surface area (Å²) >= 11 is 0. The highest BCUT2D eigenvalue weighted by atomic mass is 16.4. The Morgan fingerprint density at radius 3 is 2.70 bits per heavy atom. The lowest BCUT2D eigenvalue weighted by molar-refractivity contribution is 0.203. The van der Waals surface area contributed by atoms with Crippen molar-refractivity contribution in [1.29, 1.82) is 0 Å². The van der Waals surface area contributed by atoms with E-state index in [1.807, 2.05) is 30.3 Å². The van der Waals surface area contributed by atoms with Gasteiger partial charge in [0.2, 0.25) is 0 Å². The van der Waals surface area contributed by atoms with Crippen molar-refractivity contribution >= 4 is 5.84 Å². The predicted molar refractivity (Wildman–Crippen MR) is 82.0 cm³/mol. The Labute approximate surface area is 121 Å². The van der Waals surface area contributed by atoms with Gasteiger partial charge in [-0.05, 0) is 30.9 Å². The fraction of sp³-hybridized carbons (Fsp3) is 0.562. The first-order valence-electron chi connectivity index (χ1n) is 7.40. The van der Waals surface area contributed by atoms with E-state index in [1.165, 1.54) is 12.8 Å². The van der Waals surface area contributed by atoms with E-state index in [2.05, 4.69) is 23.9 Å². The van der Waals surface area contributed by atoms with Gasteiger partial charge in [-0.2, -0.15) is 0 Å². The van der Waals surface area contributed by atoms with E-state index in [0.29, 0.717) is 17.8 Å².